The van der Waals surface area contributed by atoms with Crippen molar-refractivity contribution in [1.29, 1.82) is 0 Å². The van der Waals surface area contributed by atoms with Gasteiger partial charge in [-0.2, -0.15) is 0 Å². The van der Waals surface area contributed by atoms with Gasteiger partial charge in [0.1, 0.15) is 6.04 Å². The first-order valence-corrected chi connectivity index (χ1v) is 5.03. The van der Waals surface area contributed by atoms with E-state index in [4.69, 9.17) is 5.11 Å². The second-order valence-electron chi connectivity index (χ2n) is 3.63. The molecule has 14 heavy (non-hydrogen) atoms. The number of carbonyl (C=O) groups is 1. The van der Waals surface area contributed by atoms with Gasteiger partial charge < -0.3 is 15.2 Å². The third-order valence-electron chi connectivity index (χ3n) is 2.19. The van der Waals surface area contributed by atoms with Gasteiger partial charge in [0.05, 0.1) is 7.11 Å². The Bertz CT molecular complexity index is 161. The van der Waals surface area contributed by atoms with Crippen molar-refractivity contribution >= 4 is 5.97 Å². The molecule has 4 nitrogen and oxygen atoms in total. The summed E-state index contributed by atoms with van der Waals surface area (Å²) in [5.74, 6) is 0.102. The molecule has 0 saturated heterocycles. The number of esters is 1. The highest BCUT2D eigenvalue weighted by atomic mass is 16.5. The fourth-order valence-corrected chi connectivity index (χ4v) is 1.12. The van der Waals surface area contributed by atoms with Crippen molar-refractivity contribution < 1.29 is 14.6 Å². The van der Waals surface area contributed by atoms with Crippen LogP contribution in [0, 0.1) is 5.92 Å². The van der Waals surface area contributed by atoms with Gasteiger partial charge >= 0.3 is 5.97 Å². The summed E-state index contributed by atoms with van der Waals surface area (Å²) in [6.07, 6.45) is 1.93. The quantitative estimate of drug-likeness (QED) is 0.468. The first-order chi connectivity index (χ1) is 6.61. The van der Waals surface area contributed by atoms with Crippen LogP contribution >= 0.6 is 0 Å². The molecular weight excluding hydrogens is 182 g/mol. The molecule has 0 fully saturated rings. The summed E-state index contributed by atoms with van der Waals surface area (Å²) >= 11 is 0. The van der Waals surface area contributed by atoms with Gasteiger partial charge in [-0.1, -0.05) is 6.92 Å². The third kappa shape index (κ3) is 5.94. The summed E-state index contributed by atoms with van der Waals surface area (Å²) in [5, 5.41) is 11.8. The van der Waals surface area contributed by atoms with Crippen molar-refractivity contribution in [3.8, 4) is 0 Å². The monoisotopic (exact) mass is 203 g/mol. The zero-order valence-electron chi connectivity index (χ0n) is 9.25. The summed E-state index contributed by atoms with van der Waals surface area (Å²) in [6.45, 7) is 4.79. The molecule has 2 N–H and O–H groups in total. The van der Waals surface area contributed by atoms with Crippen molar-refractivity contribution in [2.24, 2.45) is 5.92 Å². The Balaban J connectivity index is 3.40. The summed E-state index contributed by atoms with van der Waals surface area (Å²) in [6, 6.07) is -0.246. The van der Waals surface area contributed by atoms with E-state index in [1.54, 1.807) is 6.92 Å². The van der Waals surface area contributed by atoms with Crippen LogP contribution in [0.1, 0.15) is 26.7 Å². The molecule has 0 aromatic rings. The van der Waals surface area contributed by atoms with Gasteiger partial charge in [0, 0.05) is 6.61 Å². The van der Waals surface area contributed by atoms with Gasteiger partial charge in [0.2, 0.25) is 0 Å². The van der Waals surface area contributed by atoms with E-state index >= 15 is 0 Å². The molecule has 0 heterocycles. The molecule has 0 aliphatic rings. The first-order valence-electron chi connectivity index (χ1n) is 5.03. The number of rotatable bonds is 7. The number of hydrogen-bond acceptors (Lipinski definition) is 4. The summed E-state index contributed by atoms with van der Waals surface area (Å²) in [7, 11) is 1.38. The molecule has 0 aliphatic heterocycles. The molecule has 0 saturated carbocycles. The number of nitrogens with one attached hydrogen (secondary N) is 1. The van der Waals surface area contributed by atoms with E-state index in [1.165, 1.54) is 7.11 Å². The maximum absolute atomic E-state index is 11.0. The largest absolute Gasteiger partial charge is 0.468 e. The molecule has 2 unspecified atom stereocenters. The number of aliphatic hydroxyl groups is 1. The van der Waals surface area contributed by atoms with Crippen molar-refractivity contribution in [1.82, 2.24) is 5.32 Å². The SMILES string of the molecule is COC(=O)C(C)NCCCC(C)CO. The molecule has 0 spiro atoms. The Morgan fingerprint density at radius 3 is 2.64 bits per heavy atom. The summed E-state index contributed by atoms with van der Waals surface area (Å²) in [4.78, 5) is 11.0. The molecule has 2 atom stereocenters. The van der Waals surface area contributed by atoms with E-state index in [9.17, 15) is 4.79 Å². The molecular formula is C10H21NO3. The Kier molecular flexibility index (Phi) is 7.42. The minimum atomic E-state index is -0.246. The number of ether oxygens (including phenoxy) is 1. The normalized spacial score (nSPS) is 14.9. The van der Waals surface area contributed by atoms with Crippen molar-refractivity contribution in [2.75, 3.05) is 20.3 Å². The lowest BCUT2D eigenvalue weighted by Crippen LogP contribution is -2.35. The van der Waals surface area contributed by atoms with Crippen LogP contribution in [0.4, 0.5) is 0 Å². The molecule has 0 bridgehead atoms. The van der Waals surface area contributed by atoms with Crippen molar-refractivity contribution in [3.05, 3.63) is 0 Å². The minimum Gasteiger partial charge on any atom is -0.468 e. The van der Waals surface area contributed by atoms with E-state index in [2.05, 4.69) is 10.1 Å². The van der Waals surface area contributed by atoms with Crippen LogP contribution < -0.4 is 5.32 Å². The van der Waals surface area contributed by atoms with Crippen LogP contribution in [0.3, 0.4) is 0 Å². The average molecular weight is 203 g/mol. The van der Waals surface area contributed by atoms with E-state index in [-0.39, 0.29) is 18.6 Å². The van der Waals surface area contributed by atoms with Gasteiger partial charge in [0.25, 0.3) is 0 Å². The predicted molar refractivity (Wildman–Crippen MR) is 55.0 cm³/mol. The van der Waals surface area contributed by atoms with Crippen molar-refractivity contribution in [2.45, 2.75) is 32.7 Å². The molecule has 0 aromatic heterocycles. The van der Waals surface area contributed by atoms with Gasteiger partial charge in [-0.05, 0) is 32.2 Å². The van der Waals surface area contributed by atoms with E-state index < -0.39 is 0 Å². The lowest BCUT2D eigenvalue weighted by atomic mass is 10.1. The van der Waals surface area contributed by atoms with E-state index in [0.29, 0.717) is 5.92 Å². The van der Waals surface area contributed by atoms with Gasteiger partial charge in [-0.25, -0.2) is 0 Å². The number of carbonyl (C=O) groups excluding carboxylic acids is 1. The minimum absolute atomic E-state index is 0.229. The van der Waals surface area contributed by atoms with Crippen LogP contribution in [0.25, 0.3) is 0 Å². The zero-order valence-corrected chi connectivity index (χ0v) is 9.25. The number of hydrogen-bond donors (Lipinski definition) is 2. The van der Waals surface area contributed by atoms with E-state index in [0.717, 1.165) is 19.4 Å². The van der Waals surface area contributed by atoms with Gasteiger partial charge in [-0.3, -0.25) is 4.79 Å². The van der Waals surface area contributed by atoms with Crippen LogP contribution in [0.2, 0.25) is 0 Å². The third-order valence-corrected chi connectivity index (χ3v) is 2.19. The van der Waals surface area contributed by atoms with Crippen LogP contribution in [0.15, 0.2) is 0 Å². The van der Waals surface area contributed by atoms with Gasteiger partial charge in [-0.15, -0.1) is 0 Å². The summed E-state index contributed by atoms with van der Waals surface area (Å²) < 4.78 is 4.57. The smallest absolute Gasteiger partial charge is 0.322 e. The van der Waals surface area contributed by atoms with E-state index in [1.807, 2.05) is 6.92 Å². The molecule has 0 amide bonds. The molecule has 84 valence electrons. The lowest BCUT2D eigenvalue weighted by Gasteiger charge is -2.12. The van der Waals surface area contributed by atoms with Crippen LogP contribution in [-0.4, -0.2) is 37.4 Å². The first kappa shape index (κ1) is 13.4. The molecule has 0 radical (unpaired) electrons. The maximum Gasteiger partial charge on any atom is 0.322 e. The van der Waals surface area contributed by atoms with Gasteiger partial charge in [0.15, 0.2) is 0 Å². The maximum atomic E-state index is 11.0. The molecule has 0 aromatic carbocycles. The predicted octanol–water partition coefficient (Wildman–Crippen LogP) is 0.546. The second-order valence-corrected chi connectivity index (χ2v) is 3.63. The van der Waals surface area contributed by atoms with Crippen LogP contribution in [0.5, 0.6) is 0 Å². The lowest BCUT2D eigenvalue weighted by molar-refractivity contribution is -0.142. The van der Waals surface area contributed by atoms with Crippen LogP contribution in [-0.2, 0) is 9.53 Å². The molecule has 0 rings (SSSR count). The van der Waals surface area contributed by atoms with Crippen molar-refractivity contribution in [3.63, 3.8) is 0 Å². The highest BCUT2D eigenvalue weighted by molar-refractivity contribution is 5.74. The molecule has 0 aliphatic carbocycles. The number of methoxy groups -OCH3 is 1. The Labute approximate surface area is 85.6 Å². The fraction of sp³-hybridized carbons (Fsp3) is 0.900. The topological polar surface area (TPSA) is 58.6 Å². The zero-order chi connectivity index (χ0) is 11.0. The highest BCUT2D eigenvalue weighted by Gasteiger charge is 2.11. The molecule has 4 heteroatoms. The Morgan fingerprint density at radius 1 is 1.50 bits per heavy atom. The second kappa shape index (κ2) is 7.76. The highest BCUT2D eigenvalue weighted by Crippen LogP contribution is 2.02. The Morgan fingerprint density at radius 2 is 2.14 bits per heavy atom. The average Bonchev–Trinajstić information content (AvgIpc) is 2.22. The number of aliphatic hydroxyl groups excluding tert-OH is 1. The fourth-order valence-electron chi connectivity index (χ4n) is 1.12. The standard InChI is InChI=1S/C10H21NO3/c1-8(7-12)5-4-6-11-9(2)10(13)14-3/h8-9,11-12H,4-7H2,1-3H3. The Hall–Kier alpha value is -0.610. The summed E-state index contributed by atoms with van der Waals surface area (Å²) in [5.41, 5.74) is 0.